The number of hydrogen-bond donors (Lipinski definition) is 3. The van der Waals surface area contributed by atoms with Gasteiger partial charge < -0.3 is 25.0 Å². The van der Waals surface area contributed by atoms with Gasteiger partial charge in [0.2, 0.25) is 0 Å². The van der Waals surface area contributed by atoms with Gasteiger partial charge in [0.15, 0.2) is 6.61 Å². The first-order valence-electron chi connectivity index (χ1n) is 8.77. The van der Waals surface area contributed by atoms with Crippen LogP contribution in [0.4, 0.5) is 5.69 Å². The molecule has 2 rings (SSSR count). The molecule has 0 radical (unpaired) electrons. The van der Waals surface area contributed by atoms with Crippen molar-refractivity contribution in [3.05, 3.63) is 52.3 Å². The number of anilines is 1. The summed E-state index contributed by atoms with van der Waals surface area (Å²) in [4.78, 5) is 40.5. The van der Waals surface area contributed by atoms with Crippen molar-refractivity contribution in [2.24, 2.45) is 0 Å². The van der Waals surface area contributed by atoms with Crippen LogP contribution in [0.3, 0.4) is 0 Å². The number of aryl methyl sites for hydroxylation is 1. The van der Waals surface area contributed by atoms with Crippen LogP contribution < -0.4 is 5.32 Å². The van der Waals surface area contributed by atoms with Crippen LogP contribution in [0.15, 0.2) is 24.3 Å². The van der Waals surface area contributed by atoms with Crippen LogP contribution in [0.5, 0.6) is 0 Å². The van der Waals surface area contributed by atoms with Crippen LogP contribution in [-0.2, 0) is 9.53 Å². The van der Waals surface area contributed by atoms with Crippen molar-refractivity contribution in [2.45, 2.75) is 26.9 Å². The van der Waals surface area contributed by atoms with Gasteiger partial charge in [0.05, 0.1) is 6.10 Å². The molecule has 150 valence electrons. The smallest absolute Gasteiger partial charge is 0.355 e. The number of nitrogens with one attached hydrogen (secondary N) is 2. The molecule has 3 N–H and O–H groups in total. The Labute approximate surface area is 163 Å². The number of nitrogens with zero attached hydrogens (tertiary/aromatic N) is 1. The van der Waals surface area contributed by atoms with Crippen molar-refractivity contribution in [1.29, 1.82) is 0 Å². The van der Waals surface area contributed by atoms with Gasteiger partial charge in [-0.05, 0) is 50.6 Å². The lowest BCUT2D eigenvalue weighted by Crippen LogP contribution is -2.22. The first-order valence-corrected chi connectivity index (χ1v) is 8.77. The number of rotatable bonds is 6. The third kappa shape index (κ3) is 4.77. The first-order chi connectivity index (χ1) is 13.1. The number of aromatic nitrogens is 1. The van der Waals surface area contributed by atoms with Crippen LogP contribution in [0.2, 0.25) is 0 Å². The maximum absolute atomic E-state index is 12.2. The van der Waals surface area contributed by atoms with Gasteiger partial charge in [-0.2, -0.15) is 0 Å². The normalized spacial score (nSPS) is 11.6. The van der Waals surface area contributed by atoms with Crippen LogP contribution in [0.25, 0.3) is 0 Å². The summed E-state index contributed by atoms with van der Waals surface area (Å²) in [6, 6.07) is 6.41. The zero-order valence-corrected chi connectivity index (χ0v) is 16.6. The molecule has 2 aromatic rings. The van der Waals surface area contributed by atoms with Crippen molar-refractivity contribution < 1.29 is 24.2 Å². The number of aromatic amines is 1. The molecule has 0 saturated carbocycles. The van der Waals surface area contributed by atoms with E-state index in [2.05, 4.69) is 10.3 Å². The highest BCUT2D eigenvalue weighted by atomic mass is 16.5. The van der Waals surface area contributed by atoms with E-state index >= 15 is 0 Å². The molecule has 2 amide bonds. The van der Waals surface area contributed by atoms with E-state index in [0.717, 1.165) is 0 Å². The van der Waals surface area contributed by atoms with E-state index < -0.39 is 24.6 Å². The zero-order chi connectivity index (χ0) is 21.0. The van der Waals surface area contributed by atoms with E-state index in [-0.39, 0.29) is 11.6 Å². The van der Waals surface area contributed by atoms with Gasteiger partial charge in [0.1, 0.15) is 5.69 Å². The number of esters is 1. The Morgan fingerprint density at radius 2 is 1.79 bits per heavy atom. The lowest BCUT2D eigenvalue weighted by Gasteiger charge is -2.11. The molecule has 0 aliphatic rings. The number of amides is 2. The fourth-order valence-corrected chi connectivity index (χ4v) is 2.95. The SMILES string of the molecule is Cc1[nH]c(C(=O)OCC(=O)Nc2ccc(C(=O)N(C)C)cc2)c(C)c1[C@H](C)O. The molecule has 0 unspecified atom stereocenters. The second-order valence-electron chi connectivity index (χ2n) is 6.74. The second kappa shape index (κ2) is 8.71. The highest BCUT2D eigenvalue weighted by molar-refractivity contribution is 5.97. The Morgan fingerprint density at radius 1 is 1.18 bits per heavy atom. The van der Waals surface area contributed by atoms with Crippen LogP contribution in [0, 0.1) is 13.8 Å². The predicted octanol–water partition coefficient (Wildman–Crippen LogP) is 2.18. The number of carbonyl (C=O) groups is 3. The molecular formula is C20H25N3O5. The van der Waals surface area contributed by atoms with E-state index in [4.69, 9.17) is 4.74 Å². The monoisotopic (exact) mass is 387 g/mol. The largest absolute Gasteiger partial charge is 0.451 e. The standard InChI is InChI=1S/C20H25N3O5/c1-11-17(13(3)24)12(2)21-18(11)20(27)28-10-16(25)22-15-8-6-14(7-9-15)19(26)23(4)5/h6-9,13,21,24H,10H2,1-5H3,(H,22,25)/t13-/m0/s1. The number of H-pyrrole nitrogens is 1. The molecule has 1 heterocycles. The van der Waals surface area contributed by atoms with Crippen molar-refractivity contribution >= 4 is 23.5 Å². The summed E-state index contributed by atoms with van der Waals surface area (Å²) >= 11 is 0. The molecule has 0 aliphatic heterocycles. The van der Waals surface area contributed by atoms with Gasteiger partial charge in [0.25, 0.3) is 11.8 Å². The zero-order valence-electron chi connectivity index (χ0n) is 16.6. The minimum atomic E-state index is -0.719. The minimum Gasteiger partial charge on any atom is -0.451 e. The molecule has 1 atom stereocenters. The summed E-state index contributed by atoms with van der Waals surface area (Å²) in [6.45, 7) is 4.61. The fraction of sp³-hybridized carbons (Fsp3) is 0.350. The molecule has 0 aliphatic carbocycles. The third-order valence-corrected chi connectivity index (χ3v) is 4.27. The Bertz CT molecular complexity index is 882. The van der Waals surface area contributed by atoms with Gasteiger partial charge in [-0.15, -0.1) is 0 Å². The summed E-state index contributed by atoms with van der Waals surface area (Å²) < 4.78 is 5.06. The number of aliphatic hydroxyl groups is 1. The Hall–Kier alpha value is -3.13. The Kier molecular flexibility index (Phi) is 6.58. The Morgan fingerprint density at radius 3 is 2.29 bits per heavy atom. The minimum absolute atomic E-state index is 0.139. The quantitative estimate of drug-likeness (QED) is 0.658. The maximum atomic E-state index is 12.2. The number of hydrogen-bond acceptors (Lipinski definition) is 5. The molecule has 28 heavy (non-hydrogen) atoms. The molecule has 8 heteroatoms. The molecular weight excluding hydrogens is 362 g/mol. The van der Waals surface area contributed by atoms with E-state index in [1.54, 1.807) is 59.1 Å². The summed E-state index contributed by atoms with van der Waals surface area (Å²) in [5.74, 6) is -1.31. The number of benzene rings is 1. The van der Waals surface area contributed by atoms with E-state index in [0.29, 0.717) is 28.1 Å². The van der Waals surface area contributed by atoms with Gasteiger partial charge in [-0.25, -0.2) is 4.79 Å². The van der Waals surface area contributed by atoms with Gasteiger partial charge in [0, 0.05) is 36.6 Å². The molecule has 0 bridgehead atoms. The number of ether oxygens (including phenoxy) is 1. The van der Waals surface area contributed by atoms with E-state index in [1.165, 1.54) is 4.90 Å². The highest BCUT2D eigenvalue weighted by Crippen LogP contribution is 2.24. The predicted molar refractivity (Wildman–Crippen MR) is 104 cm³/mol. The molecule has 1 aromatic heterocycles. The summed E-state index contributed by atoms with van der Waals surface area (Å²) in [7, 11) is 3.31. The van der Waals surface area contributed by atoms with Crippen LogP contribution in [0.1, 0.15) is 50.7 Å². The lowest BCUT2D eigenvalue weighted by molar-refractivity contribution is -0.119. The highest BCUT2D eigenvalue weighted by Gasteiger charge is 2.21. The molecule has 0 fully saturated rings. The van der Waals surface area contributed by atoms with Crippen LogP contribution in [-0.4, -0.2) is 53.5 Å². The lowest BCUT2D eigenvalue weighted by atomic mass is 10.1. The van der Waals surface area contributed by atoms with E-state index in [1.807, 2.05) is 0 Å². The topological polar surface area (TPSA) is 112 Å². The third-order valence-electron chi connectivity index (χ3n) is 4.27. The van der Waals surface area contributed by atoms with Crippen LogP contribution >= 0.6 is 0 Å². The van der Waals surface area contributed by atoms with E-state index in [9.17, 15) is 19.5 Å². The fourth-order valence-electron chi connectivity index (χ4n) is 2.95. The van der Waals surface area contributed by atoms with Crippen molar-refractivity contribution in [2.75, 3.05) is 26.0 Å². The van der Waals surface area contributed by atoms with Crippen molar-refractivity contribution in [3.8, 4) is 0 Å². The van der Waals surface area contributed by atoms with Crippen molar-refractivity contribution in [3.63, 3.8) is 0 Å². The second-order valence-corrected chi connectivity index (χ2v) is 6.74. The maximum Gasteiger partial charge on any atom is 0.355 e. The molecule has 8 nitrogen and oxygen atoms in total. The van der Waals surface area contributed by atoms with Gasteiger partial charge >= 0.3 is 5.97 Å². The molecule has 1 aromatic carbocycles. The Balaban J connectivity index is 1.95. The summed E-state index contributed by atoms with van der Waals surface area (Å²) in [5, 5.41) is 12.4. The summed E-state index contributed by atoms with van der Waals surface area (Å²) in [6.07, 6.45) is -0.719. The molecule has 0 spiro atoms. The van der Waals surface area contributed by atoms with Gasteiger partial charge in [-0.3, -0.25) is 9.59 Å². The molecule has 0 saturated heterocycles. The first kappa shape index (κ1) is 21.2. The average Bonchev–Trinajstić information content (AvgIpc) is 2.94. The van der Waals surface area contributed by atoms with Crippen molar-refractivity contribution in [1.82, 2.24) is 9.88 Å². The average molecular weight is 387 g/mol. The number of carbonyl (C=O) groups excluding carboxylic acids is 3. The summed E-state index contributed by atoms with van der Waals surface area (Å²) in [5.41, 5.74) is 3.12. The number of aliphatic hydroxyl groups excluding tert-OH is 1. The van der Waals surface area contributed by atoms with Gasteiger partial charge in [-0.1, -0.05) is 0 Å².